The minimum Gasteiger partial charge on any atom is -0.497 e. The molecule has 0 aromatic heterocycles. The Bertz CT molecular complexity index is 1270. The van der Waals surface area contributed by atoms with Crippen LogP contribution in [0.25, 0.3) is 6.08 Å². The largest absolute Gasteiger partial charge is 0.497 e. The van der Waals surface area contributed by atoms with Crippen molar-refractivity contribution in [1.29, 1.82) is 5.26 Å². The lowest BCUT2D eigenvalue weighted by Crippen LogP contribution is -2.32. The van der Waals surface area contributed by atoms with Gasteiger partial charge >= 0.3 is 5.97 Å². The number of ether oxygens (including phenoxy) is 2. The number of nitrogens with zero attached hydrogens (tertiary/aromatic N) is 2. The monoisotopic (exact) mass is 511 g/mol. The van der Waals surface area contributed by atoms with E-state index >= 15 is 0 Å². The molecule has 0 unspecified atom stereocenters. The molecule has 1 amide bonds. The van der Waals surface area contributed by atoms with Crippen molar-refractivity contribution in [2.45, 2.75) is 37.5 Å². The zero-order valence-corrected chi connectivity index (χ0v) is 21.1. The van der Waals surface area contributed by atoms with Gasteiger partial charge in [-0.15, -0.1) is 0 Å². The van der Waals surface area contributed by atoms with Crippen molar-refractivity contribution in [2.75, 3.05) is 32.1 Å². The van der Waals surface area contributed by atoms with Gasteiger partial charge in [-0.25, -0.2) is 13.2 Å². The third kappa shape index (κ3) is 6.93. The van der Waals surface area contributed by atoms with Crippen LogP contribution in [0.2, 0.25) is 0 Å². The first-order valence-electron chi connectivity index (χ1n) is 11.6. The highest BCUT2D eigenvalue weighted by atomic mass is 32.2. The highest BCUT2D eigenvalue weighted by Gasteiger charge is 2.27. The Labute approximate surface area is 211 Å². The Morgan fingerprint density at radius 1 is 1.08 bits per heavy atom. The van der Waals surface area contributed by atoms with Gasteiger partial charge in [0.1, 0.15) is 17.4 Å². The minimum atomic E-state index is -3.70. The average Bonchev–Trinajstić information content (AvgIpc) is 3.17. The van der Waals surface area contributed by atoms with Gasteiger partial charge in [-0.3, -0.25) is 4.79 Å². The van der Waals surface area contributed by atoms with E-state index in [0.29, 0.717) is 30.0 Å². The first kappa shape index (κ1) is 26.9. The predicted octanol–water partition coefficient (Wildman–Crippen LogP) is 3.66. The molecular formula is C26H29N3O6S. The number of aryl methyl sites for hydroxylation is 1. The first-order valence-corrected chi connectivity index (χ1v) is 13.0. The second-order valence-electron chi connectivity index (χ2n) is 8.37. The van der Waals surface area contributed by atoms with Gasteiger partial charge in [-0.05, 0) is 61.2 Å². The van der Waals surface area contributed by atoms with Gasteiger partial charge in [0.25, 0.3) is 5.91 Å². The van der Waals surface area contributed by atoms with Gasteiger partial charge in [0.15, 0.2) is 6.61 Å². The molecule has 10 heteroatoms. The summed E-state index contributed by atoms with van der Waals surface area (Å²) >= 11 is 0. The van der Waals surface area contributed by atoms with Gasteiger partial charge in [-0.2, -0.15) is 9.57 Å². The van der Waals surface area contributed by atoms with Crippen LogP contribution in [0.4, 0.5) is 5.69 Å². The summed E-state index contributed by atoms with van der Waals surface area (Å²) in [6.07, 6.45) is 4.99. The standard InChI is InChI=1S/C26H29N3O6S/c1-19-7-10-22(16-24(19)36(32,33)29-13-5-3-4-6-14-29)28-25(30)18-35-26(31)21(17-27)15-20-8-11-23(34-2)12-9-20/h7-12,15-16H,3-6,13-14,18H2,1-2H3,(H,28,30)/b21-15+. The van der Waals surface area contributed by atoms with Gasteiger partial charge in [0.05, 0.1) is 12.0 Å². The van der Waals surface area contributed by atoms with Crippen molar-refractivity contribution in [2.24, 2.45) is 0 Å². The molecule has 190 valence electrons. The van der Waals surface area contributed by atoms with E-state index in [4.69, 9.17) is 9.47 Å². The van der Waals surface area contributed by atoms with Gasteiger partial charge in [0, 0.05) is 18.8 Å². The first-order chi connectivity index (χ1) is 17.2. The molecule has 0 radical (unpaired) electrons. The summed E-state index contributed by atoms with van der Waals surface area (Å²) in [4.78, 5) is 24.8. The zero-order valence-electron chi connectivity index (χ0n) is 20.3. The van der Waals surface area contributed by atoms with Gasteiger partial charge in [0.2, 0.25) is 10.0 Å². The lowest BCUT2D eigenvalue weighted by atomic mass is 10.1. The highest BCUT2D eigenvalue weighted by molar-refractivity contribution is 7.89. The average molecular weight is 512 g/mol. The Balaban J connectivity index is 1.64. The van der Waals surface area contributed by atoms with Gasteiger partial charge in [-0.1, -0.05) is 31.0 Å². The van der Waals surface area contributed by atoms with Crippen LogP contribution in [-0.2, 0) is 24.3 Å². The predicted molar refractivity (Wildman–Crippen MR) is 135 cm³/mol. The van der Waals surface area contributed by atoms with E-state index in [9.17, 15) is 23.3 Å². The number of sulfonamides is 1. The topological polar surface area (TPSA) is 126 Å². The van der Waals surface area contributed by atoms with Crippen molar-refractivity contribution in [3.63, 3.8) is 0 Å². The summed E-state index contributed by atoms with van der Waals surface area (Å²) in [5.41, 5.74) is 1.16. The molecule has 1 fully saturated rings. The zero-order chi connectivity index (χ0) is 26.1. The number of nitrogens with one attached hydrogen (secondary N) is 1. The molecule has 2 aromatic rings. The maximum atomic E-state index is 13.2. The summed E-state index contributed by atoms with van der Waals surface area (Å²) in [7, 11) is -2.18. The molecule has 0 saturated carbocycles. The van der Waals surface area contributed by atoms with E-state index < -0.39 is 28.5 Å². The summed E-state index contributed by atoms with van der Waals surface area (Å²) < 4.78 is 38.0. The number of carbonyl (C=O) groups is 2. The number of methoxy groups -OCH3 is 1. The fourth-order valence-corrected chi connectivity index (χ4v) is 5.55. The van der Waals surface area contributed by atoms with Crippen LogP contribution < -0.4 is 10.1 Å². The number of hydrogen-bond acceptors (Lipinski definition) is 7. The summed E-state index contributed by atoms with van der Waals surface area (Å²) in [6, 6.07) is 13.1. The minimum absolute atomic E-state index is 0.133. The highest BCUT2D eigenvalue weighted by Crippen LogP contribution is 2.26. The molecule has 2 aromatic carbocycles. The van der Waals surface area contributed by atoms with Crippen LogP contribution in [0.3, 0.4) is 0 Å². The molecule has 1 N–H and O–H groups in total. The molecule has 3 rings (SSSR count). The SMILES string of the molecule is COc1ccc(/C=C(\C#N)C(=O)OCC(=O)Nc2ccc(C)c(S(=O)(=O)N3CCCCCC3)c2)cc1. The molecule has 0 atom stereocenters. The number of rotatable bonds is 8. The van der Waals surface area contributed by atoms with E-state index in [-0.39, 0.29) is 16.2 Å². The molecule has 1 aliphatic heterocycles. The third-order valence-corrected chi connectivity index (χ3v) is 7.80. The summed E-state index contributed by atoms with van der Waals surface area (Å²) in [5, 5.41) is 11.9. The molecule has 0 spiro atoms. The quantitative estimate of drug-likeness (QED) is 0.326. The van der Waals surface area contributed by atoms with E-state index in [0.717, 1.165) is 25.7 Å². The summed E-state index contributed by atoms with van der Waals surface area (Å²) in [5.74, 6) is -0.979. The number of amides is 1. The Kier molecular flexibility index (Phi) is 9.22. The van der Waals surface area contributed by atoms with Crippen LogP contribution in [0.5, 0.6) is 5.75 Å². The van der Waals surface area contributed by atoms with Crippen molar-refractivity contribution < 1.29 is 27.5 Å². The molecular weight excluding hydrogens is 482 g/mol. The maximum Gasteiger partial charge on any atom is 0.349 e. The molecule has 9 nitrogen and oxygen atoms in total. The van der Waals surface area contributed by atoms with Crippen molar-refractivity contribution in [3.8, 4) is 11.8 Å². The second-order valence-corrected chi connectivity index (χ2v) is 10.3. The van der Waals surface area contributed by atoms with E-state index in [1.165, 1.54) is 23.6 Å². The van der Waals surface area contributed by atoms with Crippen LogP contribution in [0.15, 0.2) is 52.9 Å². The normalized spacial score (nSPS) is 14.9. The van der Waals surface area contributed by atoms with Crippen LogP contribution in [0.1, 0.15) is 36.8 Å². The number of carbonyl (C=O) groups excluding carboxylic acids is 2. The molecule has 0 aliphatic carbocycles. The van der Waals surface area contributed by atoms with Crippen LogP contribution in [0, 0.1) is 18.3 Å². The Morgan fingerprint density at radius 2 is 1.75 bits per heavy atom. The molecule has 0 bridgehead atoms. The lowest BCUT2D eigenvalue weighted by molar-refractivity contribution is -0.142. The summed E-state index contributed by atoms with van der Waals surface area (Å²) in [6.45, 7) is 2.01. The molecule has 1 saturated heterocycles. The number of nitriles is 1. The smallest absolute Gasteiger partial charge is 0.349 e. The molecule has 1 aliphatic rings. The third-order valence-electron chi connectivity index (χ3n) is 5.76. The number of hydrogen-bond donors (Lipinski definition) is 1. The van der Waals surface area contributed by atoms with E-state index in [1.807, 2.05) is 0 Å². The van der Waals surface area contributed by atoms with Crippen molar-refractivity contribution in [3.05, 3.63) is 59.2 Å². The fraction of sp³-hybridized carbons (Fsp3) is 0.346. The van der Waals surface area contributed by atoms with Crippen molar-refractivity contribution in [1.82, 2.24) is 4.31 Å². The fourth-order valence-electron chi connectivity index (χ4n) is 3.79. The van der Waals surface area contributed by atoms with E-state index in [1.54, 1.807) is 49.4 Å². The Morgan fingerprint density at radius 3 is 2.36 bits per heavy atom. The lowest BCUT2D eigenvalue weighted by Gasteiger charge is -2.21. The van der Waals surface area contributed by atoms with E-state index in [2.05, 4.69) is 5.32 Å². The Hall–Kier alpha value is -3.68. The number of benzene rings is 2. The van der Waals surface area contributed by atoms with Gasteiger partial charge < -0.3 is 14.8 Å². The maximum absolute atomic E-state index is 13.2. The molecule has 36 heavy (non-hydrogen) atoms. The number of anilines is 1. The molecule has 1 heterocycles. The second kappa shape index (κ2) is 12.3. The number of esters is 1. The van der Waals surface area contributed by atoms with Crippen molar-refractivity contribution >= 4 is 33.7 Å². The van der Waals surface area contributed by atoms with Crippen LogP contribution >= 0.6 is 0 Å². The van der Waals surface area contributed by atoms with Crippen LogP contribution in [-0.4, -0.2) is 51.4 Å².